The molecule has 1 atom stereocenters. The van der Waals surface area contributed by atoms with Crippen molar-refractivity contribution in [2.24, 2.45) is 5.92 Å². The van der Waals surface area contributed by atoms with E-state index in [4.69, 9.17) is 4.74 Å². The van der Waals surface area contributed by atoms with Gasteiger partial charge in [0.15, 0.2) is 0 Å². The topological polar surface area (TPSA) is 63.7 Å². The lowest BCUT2D eigenvalue weighted by Crippen LogP contribution is -2.41. The second kappa shape index (κ2) is 6.33. The van der Waals surface area contributed by atoms with E-state index in [0.717, 1.165) is 25.7 Å². The van der Waals surface area contributed by atoms with Crippen LogP contribution in [0.2, 0.25) is 0 Å². The van der Waals surface area contributed by atoms with Crippen LogP contribution in [0.5, 0.6) is 0 Å². The third-order valence-electron chi connectivity index (χ3n) is 4.01. The van der Waals surface area contributed by atoms with Crippen molar-refractivity contribution >= 4 is 15.8 Å². The van der Waals surface area contributed by atoms with Gasteiger partial charge in [-0.25, -0.2) is 12.7 Å². The molecule has 5 nitrogen and oxygen atoms in total. The summed E-state index contributed by atoms with van der Waals surface area (Å²) in [5.41, 5.74) is 0. The number of carbonyl (C=O) groups excluding carboxylic acids is 1. The molecule has 0 spiro atoms. The number of ether oxygens (including phenoxy) is 1. The van der Waals surface area contributed by atoms with Crippen LogP contribution in [0.3, 0.4) is 0 Å². The Morgan fingerprint density at radius 1 is 1.26 bits per heavy atom. The van der Waals surface area contributed by atoms with Gasteiger partial charge in [-0.1, -0.05) is 0 Å². The minimum atomic E-state index is -3.08. The zero-order valence-corrected chi connectivity index (χ0v) is 12.3. The Kier molecular flexibility index (Phi) is 4.97. The first-order valence-electron chi connectivity index (χ1n) is 7.03. The van der Waals surface area contributed by atoms with Crippen molar-refractivity contribution in [3.8, 4) is 0 Å². The molecule has 0 bridgehead atoms. The second-order valence-corrected chi connectivity index (χ2v) is 7.68. The maximum atomic E-state index is 11.5. The van der Waals surface area contributed by atoms with E-state index < -0.39 is 10.0 Å². The Labute approximate surface area is 115 Å². The Morgan fingerprint density at radius 3 is 2.58 bits per heavy atom. The number of carbonyl (C=O) groups is 1. The number of piperidine rings is 1. The van der Waals surface area contributed by atoms with Crippen LogP contribution >= 0.6 is 0 Å². The maximum Gasteiger partial charge on any atom is 0.211 e. The van der Waals surface area contributed by atoms with Gasteiger partial charge in [-0.15, -0.1) is 0 Å². The van der Waals surface area contributed by atoms with Crippen molar-refractivity contribution in [1.29, 1.82) is 0 Å². The van der Waals surface area contributed by atoms with E-state index >= 15 is 0 Å². The van der Waals surface area contributed by atoms with Gasteiger partial charge >= 0.3 is 0 Å². The molecule has 6 heteroatoms. The first-order valence-corrected chi connectivity index (χ1v) is 8.88. The maximum absolute atomic E-state index is 11.5. The number of ketones is 1. The molecule has 19 heavy (non-hydrogen) atoms. The highest BCUT2D eigenvalue weighted by Gasteiger charge is 2.27. The first-order chi connectivity index (χ1) is 8.95. The number of sulfonamides is 1. The number of Topliss-reactive ketones (excluding diaryl/α,β-unsaturated/α-hetero) is 1. The van der Waals surface area contributed by atoms with Gasteiger partial charge in [-0.3, -0.25) is 4.79 Å². The average molecular weight is 289 g/mol. The van der Waals surface area contributed by atoms with E-state index in [2.05, 4.69) is 0 Å². The summed E-state index contributed by atoms with van der Waals surface area (Å²) in [7, 11) is -3.08. The fraction of sp³-hybridized carbons (Fsp3) is 0.923. The third kappa shape index (κ3) is 4.54. The molecule has 1 unspecified atom stereocenters. The quantitative estimate of drug-likeness (QED) is 0.780. The summed E-state index contributed by atoms with van der Waals surface area (Å²) in [6.45, 7) is 1.82. The van der Waals surface area contributed by atoms with Gasteiger partial charge < -0.3 is 4.74 Å². The van der Waals surface area contributed by atoms with E-state index in [1.807, 2.05) is 0 Å². The molecular weight excluding hydrogens is 266 g/mol. The van der Waals surface area contributed by atoms with Crippen molar-refractivity contribution in [1.82, 2.24) is 4.31 Å². The molecule has 2 aliphatic rings. The molecule has 1 aliphatic carbocycles. The standard InChI is InChI=1S/C13H23NO4S/c1-19(16,17)14-8-2-3-11(9-14)10-18-13-6-4-12(15)5-7-13/h11,13H,2-10H2,1H3. The summed E-state index contributed by atoms with van der Waals surface area (Å²) in [6, 6.07) is 0. The van der Waals surface area contributed by atoms with E-state index in [-0.39, 0.29) is 6.10 Å². The summed E-state index contributed by atoms with van der Waals surface area (Å²) >= 11 is 0. The van der Waals surface area contributed by atoms with Gasteiger partial charge in [0, 0.05) is 25.9 Å². The van der Waals surface area contributed by atoms with E-state index in [9.17, 15) is 13.2 Å². The van der Waals surface area contributed by atoms with E-state index in [1.54, 1.807) is 4.31 Å². The van der Waals surface area contributed by atoms with Gasteiger partial charge in [0.05, 0.1) is 19.0 Å². The van der Waals surface area contributed by atoms with Crippen molar-refractivity contribution < 1.29 is 17.9 Å². The van der Waals surface area contributed by atoms with Crippen LogP contribution in [0.15, 0.2) is 0 Å². The predicted octanol–water partition coefficient (Wildman–Crippen LogP) is 1.19. The summed E-state index contributed by atoms with van der Waals surface area (Å²) in [5.74, 6) is 0.627. The second-order valence-electron chi connectivity index (χ2n) is 5.70. The number of nitrogens with zero attached hydrogens (tertiary/aromatic N) is 1. The highest BCUT2D eigenvalue weighted by Crippen LogP contribution is 2.22. The molecule has 1 saturated heterocycles. The summed E-state index contributed by atoms with van der Waals surface area (Å²) in [5, 5.41) is 0. The molecule has 0 aromatic carbocycles. The van der Waals surface area contributed by atoms with Crippen LogP contribution in [0.4, 0.5) is 0 Å². The molecule has 1 saturated carbocycles. The van der Waals surface area contributed by atoms with Crippen molar-refractivity contribution in [3.63, 3.8) is 0 Å². The van der Waals surface area contributed by atoms with Crippen molar-refractivity contribution in [3.05, 3.63) is 0 Å². The molecule has 0 radical (unpaired) electrons. The lowest BCUT2D eigenvalue weighted by molar-refractivity contribution is -0.123. The molecule has 0 N–H and O–H groups in total. The molecule has 1 aliphatic heterocycles. The summed E-state index contributed by atoms with van der Waals surface area (Å²) in [6.07, 6.45) is 6.29. The lowest BCUT2D eigenvalue weighted by Gasteiger charge is -2.32. The zero-order chi connectivity index (χ0) is 13.9. The van der Waals surface area contributed by atoms with Gasteiger partial charge in [-0.05, 0) is 31.6 Å². The Hall–Kier alpha value is -0.460. The normalized spacial score (nSPS) is 27.6. The minimum Gasteiger partial charge on any atom is -0.378 e. The largest absolute Gasteiger partial charge is 0.378 e. The lowest BCUT2D eigenvalue weighted by atomic mass is 9.96. The molecule has 1 heterocycles. The monoisotopic (exact) mass is 289 g/mol. The van der Waals surface area contributed by atoms with Crippen molar-refractivity contribution in [2.45, 2.75) is 44.6 Å². The Bertz CT molecular complexity index is 410. The fourth-order valence-electron chi connectivity index (χ4n) is 2.82. The van der Waals surface area contributed by atoms with Crippen LogP contribution in [-0.2, 0) is 19.6 Å². The van der Waals surface area contributed by atoms with Crippen LogP contribution < -0.4 is 0 Å². The van der Waals surface area contributed by atoms with Gasteiger partial charge in [0.2, 0.25) is 10.0 Å². The third-order valence-corrected chi connectivity index (χ3v) is 5.28. The number of hydrogen-bond donors (Lipinski definition) is 0. The number of hydrogen-bond acceptors (Lipinski definition) is 4. The fourth-order valence-corrected chi connectivity index (χ4v) is 3.76. The highest BCUT2D eigenvalue weighted by molar-refractivity contribution is 7.88. The molecule has 2 fully saturated rings. The van der Waals surface area contributed by atoms with E-state index in [0.29, 0.717) is 44.2 Å². The van der Waals surface area contributed by atoms with Crippen molar-refractivity contribution in [2.75, 3.05) is 26.0 Å². The summed E-state index contributed by atoms with van der Waals surface area (Å²) < 4.78 is 30.5. The average Bonchev–Trinajstić information content (AvgIpc) is 2.37. The summed E-state index contributed by atoms with van der Waals surface area (Å²) in [4.78, 5) is 11.1. The Morgan fingerprint density at radius 2 is 1.95 bits per heavy atom. The molecule has 0 aromatic heterocycles. The van der Waals surface area contributed by atoms with Crippen LogP contribution in [-0.4, -0.2) is 50.6 Å². The molecule has 0 aromatic rings. The number of rotatable bonds is 4. The molecular formula is C13H23NO4S. The first kappa shape index (κ1) is 14.9. The van der Waals surface area contributed by atoms with E-state index in [1.165, 1.54) is 6.26 Å². The van der Waals surface area contributed by atoms with Gasteiger partial charge in [-0.2, -0.15) is 0 Å². The molecule has 0 amide bonds. The highest BCUT2D eigenvalue weighted by atomic mass is 32.2. The van der Waals surface area contributed by atoms with Crippen LogP contribution in [0, 0.1) is 5.92 Å². The molecule has 110 valence electrons. The smallest absolute Gasteiger partial charge is 0.211 e. The SMILES string of the molecule is CS(=O)(=O)N1CCCC(COC2CCC(=O)CC2)C1. The van der Waals surface area contributed by atoms with Gasteiger partial charge in [0.1, 0.15) is 5.78 Å². The predicted molar refractivity (Wildman–Crippen MR) is 72.4 cm³/mol. The minimum absolute atomic E-state index is 0.186. The molecule has 2 rings (SSSR count). The van der Waals surface area contributed by atoms with Crippen LogP contribution in [0.1, 0.15) is 38.5 Å². The van der Waals surface area contributed by atoms with Gasteiger partial charge in [0.25, 0.3) is 0 Å². The van der Waals surface area contributed by atoms with Crippen LogP contribution in [0.25, 0.3) is 0 Å². The Balaban J connectivity index is 1.75. The zero-order valence-electron chi connectivity index (χ0n) is 11.5.